The predicted molar refractivity (Wildman–Crippen MR) is 179 cm³/mol. The van der Waals surface area contributed by atoms with Crippen LogP contribution in [0.1, 0.15) is 181 Å². The van der Waals surface area contributed by atoms with E-state index in [1.54, 1.807) is 0 Å². The van der Waals surface area contributed by atoms with Gasteiger partial charge in [-0.3, -0.25) is 29.4 Å². The van der Waals surface area contributed by atoms with Crippen molar-refractivity contribution >= 4 is 35.7 Å². The maximum Gasteiger partial charge on any atom is 0.317 e. The van der Waals surface area contributed by atoms with E-state index in [0.29, 0.717) is 12.8 Å². The molecule has 0 aliphatic rings. The van der Waals surface area contributed by atoms with Crippen LogP contribution < -0.4 is 0 Å². The molecule has 266 valence electrons. The average molecular weight is 654 g/mol. The largest absolute Gasteiger partial charge is 0.481 e. The van der Waals surface area contributed by atoms with Crippen LogP contribution >= 0.6 is 0 Å². The number of esters is 3. The molecule has 0 aromatic rings. The number of rotatable bonds is 29. The van der Waals surface area contributed by atoms with E-state index in [0.717, 1.165) is 116 Å². The van der Waals surface area contributed by atoms with Crippen LogP contribution in [0, 0.1) is 16.7 Å². The molecule has 0 bridgehead atoms. The van der Waals surface area contributed by atoms with Crippen molar-refractivity contribution in [2.24, 2.45) is 11.3 Å². The van der Waals surface area contributed by atoms with Gasteiger partial charge in [-0.1, -0.05) is 124 Å². The second kappa shape index (κ2) is 27.3. The van der Waals surface area contributed by atoms with Gasteiger partial charge in [0, 0.05) is 32.1 Å². The average Bonchev–Trinajstić information content (AvgIpc) is 2.96. The maximum atomic E-state index is 12.8. The molecule has 0 aliphatic heterocycles. The SMILES string of the molecule is CC(C)(C)C(CC(=N)OC(=O)CCCCCCCCCCCCC(=O)O)C(=O)OC(=O)CCCCCCCCCCCCC(=O)O. The molecule has 0 rings (SSSR count). The van der Waals surface area contributed by atoms with Crippen LogP contribution in [0.25, 0.3) is 0 Å². The van der Waals surface area contributed by atoms with E-state index < -0.39 is 41.2 Å². The first-order valence-electron chi connectivity index (χ1n) is 17.8. The van der Waals surface area contributed by atoms with Gasteiger partial charge in [-0.2, -0.15) is 0 Å². The molecule has 0 radical (unpaired) electrons. The van der Waals surface area contributed by atoms with E-state index in [1.165, 1.54) is 0 Å². The van der Waals surface area contributed by atoms with Gasteiger partial charge in [-0.25, -0.2) is 0 Å². The third kappa shape index (κ3) is 27.5. The minimum atomic E-state index is -0.793. The highest BCUT2D eigenvalue weighted by atomic mass is 16.6. The fourth-order valence-electron chi connectivity index (χ4n) is 5.31. The van der Waals surface area contributed by atoms with Crippen LogP contribution in [0.15, 0.2) is 0 Å². The molecule has 1 unspecified atom stereocenters. The first-order valence-corrected chi connectivity index (χ1v) is 17.8. The zero-order valence-electron chi connectivity index (χ0n) is 29.0. The fraction of sp³-hybridized carbons (Fsp3) is 0.833. The molecule has 10 nitrogen and oxygen atoms in total. The molecule has 0 saturated heterocycles. The van der Waals surface area contributed by atoms with Crippen molar-refractivity contribution in [3.05, 3.63) is 0 Å². The van der Waals surface area contributed by atoms with Crippen molar-refractivity contribution in [1.29, 1.82) is 5.41 Å². The number of nitrogens with one attached hydrogen (secondary N) is 1. The second-order valence-corrected chi connectivity index (χ2v) is 13.7. The summed E-state index contributed by atoms with van der Waals surface area (Å²) in [4.78, 5) is 58.4. The van der Waals surface area contributed by atoms with Gasteiger partial charge >= 0.3 is 29.8 Å². The zero-order valence-corrected chi connectivity index (χ0v) is 29.0. The van der Waals surface area contributed by atoms with E-state index in [2.05, 4.69) is 0 Å². The number of carbonyl (C=O) groups is 5. The summed E-state index contributed by atoms with van der Waals surface area (Å²) in [6, 6.07) is 0. The number of hydrogen-bond donors (Lipinski definition) is 3. The zero-order chi connectivity index (χ0) is 34.6. The molecule has 10 heteroatoms. The minimum absolute atomic E-state index is 0.114. The summed E-state index contributed by atoms with van der Waals surface area (Å²) >= 11 is 0. The summed E-state index contributed by atoms with van der Waals surface area (Å²) in [5, 5.41) is 25.4. The van der Waals surface area contributed by atoms with Crippen molar-refractivity contribution in [2.75, 3.05) is 0 Å². The van der Waals surface area contributed by atoms with Gasteiger partial charge in [0.2, 0.25) is 0 Å². The van der Waals surface area contributed by atoms with Crippen LogP contribution in [0.4, 0.5) is 0 Å². The van der Waals surface area contributed by atoms with Gasteiger partial charge in [0.05, 0.1) is 5.92 Å². The van der Waals surface area contributed by atoms with Crippen molar-refractivity contribution < 1.29 is 43.7 Å². The number of ether oxygens (including phenoxy) is 2. The van der Waals surface area contributed by atoms with Crippen LogP contribution in [-0.4, -0.2) is 46.0 Å². The Morgan fingerprint density at radius 3 is 1.09 bits per heavy atom. The Morgan fingerprint density at radius 2 is 0.783 bits per heavy atom. The lowest BCUT2D eigenvalue weighted by Crippen LogP contribution is -2.34. The molecule has 1 atom stereocenters. The standard InChI is InChI=1S/C36H63NO9/c1-36(2,3)29(35(44)46-34(43)27-23-19-15-11-7-5-9-13-17-21-25-32(40)41)28-30(37)45-33(42)26-22-18-14-10-6-4-8-12-16-20-24-31(38)39/h29,37H,4-28H2,1-3H3,(H,38,39)(H,40,41). The first-order chi connectivity index (χ1) is 21.8. The van der Waals surface area contributed by atoms with Crippen molar-refractivity contribution in [1.82, 2.24) is 0 Å². The third-order valence-corrected chi connectivity index (χ3v) is 8.21. The quantitative estimate of drug-likeness (QED) is 0.0234. The Balaban J connectivity index is 4.06. The molecule has 0 saturated carbocycles. The molecular weight excluding hydrogens is 590 g/mol. The topological polar surface area (TPSA) is 168 Å². The Hall–Kier alpha value is -2.78. The Morgan fingerprint density at radius 1 is 0.500 bits per heavy atom. The molecule has 0 heterocycles. The monoisotopic (exact) mass is 653 g/mol. The molecule has 0 aromatic carbocycles. The first kappa shape index (κ1) is 43.2. The number of hydrogen-bond acceptors (Lipinski definition) is 8. The summed E-state index contributed by atoms with van der Waals surface area (Å²) in [6.45, 7) is 5.48. The highest BCUT2D eigenvalue weighted by molar-refractivity contribution is 5.92. The summed E-state index contributed by atoms with van der Waals surface area (Å²) < 4.78 is 10.3. The highest BCUT2D eigenvalue weighted by Crippen LogP contribution is 2.31. The second-order valence-electron chi connectivity index (χ2n) is 13.7. The van der Waals surface area contributed by atoms with E-state index in [4.69, 9.17) is 25.1 Å². The normalized spacial score (nSPS) is 12.0. The van der Waals surface area contributed by atoms with Crippen molar-refractivity contribution in [2.45, 2.75) is 181 Å². The lowest BCUT2D eigenvalue weighted by Gasteiger charge is -2.28. The van der Waals surface area contributed by atoms with Gasteiger partial charge in [0.25, 0.3) is 0 Å². The summed E-state index contributed by atoms with van der Waals surface area (Å²) in [7, 11) is 0. The van der Waals surface area contributed by atoms with Gasteiger partial charge in [-0.05, 0) is 31.1 Å². The van der Waals surface area contributed by atoms with Crippen LogP contribution in [-0.2, 0) is 33.4 Å². The Labute approximate surface area is 277 Å². The lowest BCUT2D eigenvalue weighted by atomic mass is 9.78. The van der Waals surface area contributed by atoms with Gasteiger partial charge in [0.1, 0.15) is 0 Å². The molecule has 3 N–H and O–H groups in total. The van der Waals surface area contributed by atoms with Crippen molar-refractivity contribution in [3.63, 3.8) is 0 Å². The molecule has 46 heavy (non-hydrogen) atoms. The number of unbranched alkanes of at least 4 members (excludes halogenated alkanes) is 18. The molecule has 0 spiro atoms. The van der Waals surface area contributed by atoms with Gasteiger partial charge in [-0.15, -0.1) is 0 Å². The van der Waals surface area contributed by atoms with Gasteiger partial charge < -0.3 is 19.7 Å². The molecule has 0 aromatic heterocycles. The highest BCUT2D eigenvalue weighted by Gasteiger charge is 2.35. The predicted octanol–water partition coefficient (Wildman–Crippen LogP) is 9.16. The summed E-state index contributed by atoms with van der Waals surface area (Å²) in [5.74, 6) is -4.30. The Kier molecular flexibility index (Phi) is 25.7. The van der Waals surface area contributed by atoms with Crippen LogP contribution in [0.5, 0.6) is 0 Å². The molecule has 0 aliphatic carbocycles. The lowest BCUT2D eigenvalue weighted by molar-refractivity contribution is -0.165. The van der Waals surface area contributed by atoms with E-state index in [-0.39, 0.29) is 38.0 Å². The number of aliphatic carboxylic acids is 2. The summed E-state index contributed by atoms with van der Waals surface area (Å²) in [6.07, 6.45) is 20.3. The smallest absolute Gasteiger partial charge is 0.317 e. The number of carboxylic acids is 2. The minimum Gasteiger partial charge on any atom is -0.481 e. The third-order valence-electron chi connectivity index (χ3n) is 8.21. The van der Waals surface area contributed by atoms with Crippen LogP contribution in [0.3, 0.4) is 0 Å². The number of carbonyl (C=O) groups excluding carboxylic acids is 3. The Bertz CT molecular complexity index is 894. The van der Waals surface area contributed by atoms with Crippen molar-refractivity contribution in [3.8, 4) is 0 Å². The molecule has 0 amide bonds. The maximum absolute atomic E-state index is 12.8. The van der Waals surface area contributed by atoms with Crippen LogP contribution in [0.2, 0.25) is 0 Å². The molecular formula is C36H63NO9. The fourth-order valence-corrected chi connectivity index (χ4v) is 5.31. The summed E-state index contributed by atoms with van der Waals surface area (Å²) in [5.41, 5.74) is -0.592. The van der Waals surface area contributed by atoms with E-state index in [9.17, 15) is 24.0 Å². The number of carboxylic acid groups (broad SMARTS) is 2. The van der Waals surface area contributed by atoms with E-state index >= 15 is 0 Å². The molecule has 0 fully saturated rings. The van der Waals surface area contributed by atoms with Gasteiger partial charge in [0.15, 0.2) is 5.90 Å². The van der Waals surface area contributed by atoms with E-state index in [1.807, 2.05) is 20.8 Å².